The van der Waals surface area contributed by atoms with E-state index in [1.807, 2.05) is 0 Å². The number of hydrogen-bond acceptors (Lipinski definition) is 4. The third kappa shape index (κ3) is 1.42. The first-order valence-corrected chi connectivity index (χ1v) is 8.82. The van der Waals surface area contributed by atoms with Gasteiger partial charge in [0.05, 0.1) is 12.0 Å². The predicted molar refractivity (Wildman–Crippen MR) is 92.6 cm³/mol. The van der Waals surface area contributed by atoms with Gasteiger partial charge in [-0.2, -0.15) is 5.26 Å². The van der Waals surface area contributed by atoms with Crippen LogP contribution in [0.3, 0.4) is 0 Å². The monoisotopic (exact) mass is 316 g/mol. The minimum Gasteiger partial charge on any atom is -0.313 e. The van der Waals surface area contributed by atoms with E-state index < -0.39 is 0 Å². The molecule has 1 aromatic carbocycles. The summed E-state index contributed by atoms with van der Waals surface area (Å²) in [5, 5.41) is 32.9. The molecule has 2 saturated carbocycles. The van der Waals surface area contributed by atoms with Gasteiger partial charge in [-0.3, -0.25) is 0 Å². The van der Waals surface area contributed by atoms with E-state index in [-0.39, 0.29) is 29.6 Å². The molecule has 4 heteroatoms. The molecule has 0 spiro atoms. The van der Waals surface area contributed by atoms with Gasteiger partial charge in [-0.15, -0.1) is 0 Å². The molecule has 0 radical (unpaired) electrons. The maximum Gasteiger partial charge on any atom is 0.0669 e. The Bertz CT molecular complexity index is 820. The van der Waals surface area contributed by atoms with Crippen LogP contribution in [0.2, 0.25) is 0 Å². The van der Waals surface area contributed by atoms with Gasteiger partial charge < -0.3 is 16.2 Å². The fourth-order valence-corrected chi connectivity index (χ4v) is 6.35. The topological polar surface area (TPSA) is 95.3 Å². The smallest absolute Gasteiger partial charge is 0.0669 e. The number of fused-ring (bicyclic) bond motifs is 10. The van der Waals surface area contributed by atoms with Crippen LogP contribution in [-0.2, 0) is 0 Å². The van der Waals surface area contributed by atoms with Gasteiger partial charge in [-0.25, -0.2) is 0 Å². The highest BCUT2D eigenvalue weighted by atomic mass is 14.6. The molecule has 5 rings (SSSR count). The minimum atomic E-state index is -0.0514. The van der Waals surface area contributed by atoms with Gasteiger partial charge in [0.15, 0.2) is 0 Å². The highest BCUT2D eigenvalue weighted by molar-refractivity contribution is 5.75. The third-order valence-corrected chi connectivity index (χ3v) is 7.32. The number of nitriles is 1. The molecule has 0 aliphatic heterocycles. The molecule has 4 aliphatic carbocycles. The average molecular weight is 316 g/mol. The molecule has 0 amide bonds. The van der Waals surface area contributed by atoms with Crippen LogP contribution in [0.4, 0.5) is 0 Å². The van der Waals surface area contributed by atoms with E-state index in [0.717, 1.165) is 12.8 Å². The quantitative estimate of drug-likeness (QED) is 0.727. The summed E-state index contributed by atoms with van der Waals surface area (Å²) >= 11 is 0. The molecule has 4 aliphatic rings. The van der Waals surface area contributed by atoms with Crippen molar-refractivity contribution in [1.29, 1.82) is 21.5 Å². The third-order valence-electron chi connectivity index (χ3n) is 7.32. The summed E-state index contributed by atoms with van der Waals surface area (Å²) in [6.07, 6.45) is 6.66. The number of rotatable bonds is 3. The van der Waals surface area contributed by atoms with Gasteiger partial charge >= 0.3 is 0 Å². The molecule has 0 saturated heterocycles. The predicted octanol–water partition coefficient (Wildman–Crippen LogP) is 3.79. The number of nitrogens with one attached hydrogen (secondary N) is 3. The largest absolute Gasteiger partial charge is 0.313 e. The second kappa shape index (κ2) is 4.63. The first-order chi connectivity index (χ1) is 11.7. The Balaban J connectivity index is 1.65. The second-order valence-electron chi connectivity index (χ2n) is 7.89. The Hall–Kier alpha value is -2.28. The first-order valence-electron chi connectivity index (χ1n) is 8.82. The minimum absolute atomic E-state index is 0.0514. The van der Waals surface area contributed by atoms with Crippen molar-refractivity contribution in [2.45, 2.75) is 36.5 Å². The van der Waals surface area contributed by atoms with Crippen LogP contribution < -0.4 is 0 Å². The van der Waals surface area contributed by atoms with Crippen molar-refractivity contribution >= 4 is 18.6 Å². The summed E-state index contributed by atoms with van der Waals surface area (Å²) in [7, 11) is 0. The molecule has 0 heterocycles. The summed E-state index contributed by atoms with van der Waals surface area (Å²) in [6.45, 7) is 0. The van der Waals surface area contributed by atoms with Gasteiger partial charge in [0, 0.05) is 29.9 Å². The molecule has 8 unspecified atom stereocenters. The summed E-state index contributed by atoms with van der Waals surface area (Å²) in [5.74, 6) is 1.71. The fourth-order valence-electron chi connectivity index (χ4n) is 6.35. The van der Waals surface area contributed by atoms with Crippen LogP contribution >= 0.6 is 0 Å². The zero-order chi connectivity index (χ0) is 16.6. The molecule has 8 atom stereocenters. The van der Waals surface area contributed by atoms with Gasteiger partial charge in [0.1, 0.15) is 0 Å². The average Bonchev–Trinajstić information content (AvgIpc) is 3.34. The standard InChI is InChI=1S/C20H20N4/c21-5-17-13-3-15(19(17)7-23)11-2-12-10(1-9(11)13)14-4-16(12)20(8-24)18(14)6-22/h1-2,5-7,13-23H,3-4H2. The van der Waals surface area contributed by atoms with Gasteiger partial charge in [0.2, 0.25) is 0 Å². The van der Waals surface area contributed by atoms with E-state index in [4.69, 9.17) is 16.2 Å². The Morgan fingerprint density at radius 1 is 0.750 bits per heavy atom. The van der Waals surface area contributed by atoms with Gasteiger partial charge in [-0.1, -0.05) is 12.1 Å². The second-order valence-corrected chi connectivity index (χ2v) is 7.89. The van der Waals surface area contributed by atoms with E-state index in [2.05, 4.69) is 18.2 Å². The first kappa shape index (κ1) is 14.1. The Morgan fingerprint density at radius 3 is 1.62 bits per heavy atom. The molecular weight excluding hydrogens is 296 g/mol. The number of nitrogens with zero attached hydrogens (tertiary/aromatic N) is 1. The molecule has 4 bridgehead atoms. The van der Waals surface area contributed by atoms with Gasteiger partial charge in [0.25, 0.3) is 0 Å². The highest BCUT2D eigenvalue weighted by Crippen LogP contribution is 2.64. The molecule has 2 fully saturated rings. The molecule has 24 heavy (non-hydrogen) atoms. The van der Waals surface area contributed by atoms with Crippen LogP contribution in [-0.4, -0.2) is 18.6 Å². The van der Waals surface area contributed by atoms with Crippen LogP contribution in [0.1, 0.15) is 58.8 Å². The fraction of sp³-hybridized carbons (Fsp3) is 0.500. The van der Waals surface area contributed by atoms with E-state index in [0.29, 0.717) is 17.8 Å². The van der Waals surface area contributed by atoms with Crippen LogP contribution in [0.15, 0.2) is 12.1 Å². The summed E-state index contributed by atoms with van der Waals surface area (Å²) in [4.78, 5) is 0. The van der Waals surface area contributed by atoms with Crippen LogP contribution in [0, 0.1) is 51.2 Å². The number of benzene rings is 1. The zero-order valence-electron chi connectivity index (χ0n) is 13.4. The molecule has 1 aromatic rings. The Kier molecular flexibility index (Phi) is 2.72. The lowest BCUT2D eigenvalue weighted by Crippen LogP contribution is -2.26. The SMILES string of the molecule is N#CC1C2CC(c3cc4c(cc32)C2CC4C(C=N)C2C=N)C1C=N. The van der Waals surface area contributed by atoms with Crippen molar-refractivity contribution < 1.29 is 0 Å². The lowest BCUT2D eigenvalue weighted by molar-refractivity contribution is 0.500. The lowest BCUT2D eigenvalue weighted by atomic mass is 9.71. The molecule has 120 valence electrons. The zero-order valence-corrected chi connectivity index (χ0v) is 13.4. The normalized spacial score (nSPS) is 43.1. The maximum atomic E-state index is 9.55. The van der Waals surface area contributed by atoms with Crippen LogP contribution in [0.5, 0.6) is 0 Å². The molecule has 3 N–H and O–H groups in total. The van der Waals surface area contributed by atoms with Crippen molar-refractivity contribution in [3.63, 3.8) is 0 Å². The lowest BCUT2D eigenvalue weighted by Gasteiger charge is -2.31. The van der Waals surface area contributed by atoms with Crippen molar-refractivity contribution in [3.05, 3.63) is 34.4 Å². The van der Waals surface area contributed by atoms with E-state index in [1.165, 1.54) is 28.5 Å². The van der Waals surface area contributed by atoms with Crippen molar-refractivity contribution in [1.82, 2.24) is 0 Å². The number of hydrogen-bond donors (Lipinski definition) is 3. The van der Waals surface area contributed by atoms with Crippen molar-refractivity contribution in [3.8, 4) is 6.07 Å². The summed E-state index contributed by atoms with van der Waals surface area (Å²) < 4.78 is 0. The molecular formula is C20H20N4. The van der Waals surface area contributed by atoms with Crippen molar-refractivity contribution in [2.24, 2.45) is 23.7 Å². The summed E-state index contributed by atoms with van der Waals surface area (Å²) in [6, 6.07) is 7.14. The van der Waals surface area contributed by atoms with E-state index >= 15 is 0 Å². The Morgan fingerprint density at radius 2 is 1.17 bits per heavy atom. The summed E-state index contributed by atoms with van der Waals surface area (Å²) in [5.41, 5.74) is 5.46. The molecule has 0 aromatic heterocycles. The highest BCUT2D eigenvalue weighted by Gasteiger charge is 2.54. The van der Waals surface area contributed by atoms with Crippen molar-refractivity contribution in [2.75, 3.05) is 0 Å². The van der Waals surface area contributed by atoms with E-state index in [1.54, 1.807) is 12.4 Å². The van der Waals surface area contributed by atoms with Gasteiger partial charge in [-0.05, 0) is 65.3 Å². The van der Waals surface area contributed by atoms with Crippen LogP contribution in [0.25, 0.3) is 0 Å². The Labute approximate surface area is 141 Å². The maximum absolute atomic E-state index is 9.55. The van der Waals surface area contributed by atoms with E-state index in [9.17, 15) is 5.26 Å². The molecule has 4 nitrogen and oxygen atoms in total.